The van der Waals surface area contributed by atoms with Gasteiger partial charge in [0, 0.05) is 6.54 Å². The number of hydrogen-bond acceptors (Lipinski definition) is 8. The zero-order chi connectivity index (χ0) is 25.8. The molecule has 2 fully saturated rings. The first-order valence-electron chi connectivity index (χ1n) is 12.0. The number of benzene rings is 2. The number of nitrogens with two attached hydrogens (primary N) is 1. The third kappa shape index (κ3) is 4.38. The molecule has 0 radical (unpaired) electrons. The number of nitrogens with one attached hydrogen (secondary N) is 1. The van der Waals surface area contributed by atoms with Gasteiger partial charge in [-0.25, -0.2) is 22.6 Å². The maximum Gasteiger partial charge on any atom is 0.240 e. The summed E-state index contributed by atoms with van der Waals surface area (Å²) in [5.74, 6) is -0.499. The van der Waals surface area contributed by atoms with Gasteiger partial charge in [-0.1, -0.05) is 42.5 Å². The molecule has 192 valence electrons. The van der Waals surface area contributed by atoms with E-state index in [1.54, 1.807) is 22.7 Å². The second kappa shape index (κ2) is 8.89. The summed E-state index contributed by atoms with van der Waals surface area (Å²) >= 11 is 0. The fourth-order valence-corrected chi connectivity index (χ4v) is 6.11. The van der Waals surface area contributed by atoms with E-state index in [0.717, 1.165) is 16.8 Å². The van der Waals surface area contributed by atoms with E-state index < -0.39 is 40.2 Å². The largest absolute Gasteiger partial charge is 0.382 e. The van der Waals surface area contributed by atoms with Gasteiger partial charge in [0.2, 0.25) is 10.0 Å². The number of nitrogens with zero attached hydrogens (tertiary/aromatic N) is 3. The normalized spacial score (nSPS) is 24.9. The minimum absolute atomic E-state index is 0.00936. The van der Waals surface area contributed by atoms with Crippen LogP contribution in [0, 0.1) is 0 Å². The highest BCUT2D eigenvalue weighted by Crippen LogP contribution is 2.45. The SMILES string of the molecule is CC1(C)O[C@@H]2[C@H](O1)[C@@H](CNS(=O)(=O)c1cccc(-c3ccccc3)c1)O[C@H]2c1ccc2c(N)ncnn12. The van der Waals surface area contributed by atoms with Gasteiger partial charge in [-0.3, -0.25) is 0 Å². The number of ether oxygens (including phenoxy) is 3. The lowest BCUT2D eigenvalue weighted by Gasteiger charge is -2.24. The second-order valence-corrected chi connectivity index (χ2v) is 11.4. The Balaban J connectivity index is 1.25. The molecular weight excluding hydrogens is 494 g/mol. The molecule has 0 bridgehead atoms. The summed E-state index contributed by atoms with van der Waals surface area (Å²) in [6, 6.07) is 20.2. The van der Waals surface area contributed by atoms with Crippen LogP contribution in [0.5, 0.6) is 0 Å². The van der Waals surface area contributed by atoms with Crippen LogP contribution in [0.1, 0.15) is 25.6 Å². The van der Waals surface area contributed by atoms with Gasteiger partial charge in [0.25, 0.3) is 0 Å². The third-order valence-corrected chi connectivity index (χ3v) is 8.10. The lowest BCUT2D eigenvalue weighted by molar-refractivity contribution is -0.187. The summed E-state index contributed by atoms with van der Waals surface area (Å²) in [4.78, 5) is 4.21. The van der Waals surface area contributed by atoms with Gasteiger partial charge in [-0.15, -0.1) is 0 Å². The molecule has 2 aromatic heterocycles. The van der Waals surface area contributed by atoms with Crippen molar-refractivity contribution in [3.8, 4) is 11.1 Å². The van der Waals surface area contributed by atoms with Crippen LogP contribution in [0.15, 0.2) is 78.0 Å². The maximum absolute atomic E-state index is 13.2. The zero-order valence-electron chi connectivity index (χ0n) is 20.3. The molecule has 4 atom stereocenters. The molecular formula is C26H27N5O5S. The van der Waals surface area contributed by atoms with Crippen molar-refractivity contribution in [3.63, 3.8) is 0 Å². The first kappa shape index (κ1) is 24.0. The average molecular weight is 522 g/mol. The molecule has 0 aliphatic carbocycles. The van der Waals surface area contributed by atoms with E-state index in [0.29, 0.717) is 11.3 Å². The number of hydrogen-bond donors (Lipinski definition) is 2. The molecule has 10 nitrogen and oxygen atoms in total. The van der Waals surface area contributed by atoms with Gasteiger partial charge in [-0.05, 0) is 49.2 Å². The molecule has 0 spiro atoms. The fourth-order valence-electron chi connectivity index (χ4n) is 5.02. The number of anilines is 1. The lowest BCUT2D eigenvalue weighted by atomic mass is 10.1. The summed E-state index contributed by atoms with van der Waals surface area (Å²) in [5, 5.41) is 4.32. The Hall–Kier alpha value is -3.35. The van der Waals surface area contributed by atoms with Crippen LogP contribution in [0.2, 0.25) is 0 Å². The Labute approximate surface area is 214 Å². The molecule has 4 aromatic rings. The molecule has 2 aromatic carbocycles. The van der Waals surface area contributed by atoms with Crippen LogP contribution < -0.4 is 10.5 Å². The van der Waals surface area contributed by atoms with E-state index in [1.807, 2.05) is 62.4 Å². The van der Waals surface area contributed by atoms with E-state index in [1.165, 1.54) is 6.33 Å². The average Bonchev–Trinajstić information content (AvgIpc) is 3.55. The zero-order valence-corrected chi connectivity index (χ0v) is 21.1. The summed E-state index contributed by atoms with van der Waals surface area (Å²) < 4.78 is 49.5. The number of aromatic nitrogens is 3. The van der Waals surface area contributed by atoms with Gasteiger partial charge < -0.3 is 19.9 Å². The molecule has 37 heavy (non-hydrogen) atoms. The van der Waals surface area contributed by atoms with Crippen molar-refractivity contribution in [3.05, 3.63) is 78.8 Å². The molecule has 2 saturated heterocycles. The molecule has 4 heterocycles. The minimum atomic E-state index is -3.82. The monoisotopic (exact) mass is 521 g/mol. The second-order valence-electron chi connectivity index (χ2n) is 9.61. The minimum Gasteiger partial charge on any atom is -0.382 e. The number of rotatable bonds is 6. The lowest BCUT2D eigenvalue weighted by Crippen LogP contribution is -2.39. The molecule has 0 amide bonds. The van der Waals surface area contributed by atoms with E-state index in [9.17, 15) is 8.42 Å². The molecule has 3 N–H and O–H groups in total. The van der Waals surface area contributed by atoms with Crippen molar-refractivity contribution < 1.29 is 22.6 Å². The highest BCUT2D eigenvalue weighted by Gasteiger charge is 2.56. The topological polar surface area (TPSA) is 130 Å². The Morgan fingerprint density at radius 3 is 2.57 bits per heavy atom. The van der Waals surface area contributed by atoms with Crippen molar-refractivity contribution in [2.24, 2.45) is 0 Å². The standard InChI is InChI=1S/C26H27N5O5S/c1-26(2)35-23-21(34-22(24(23)36-26)19-11-12-20-25(27)28-15-29-31(19)20)14-30-37(32,33)18-10-6-9-17(13-18)16-7-4-3-5-8-16/h3-13,15,21-24,30H,14H2,1-2H3,(H2,27,28,29)/t21-,22+,23-,24+/m1/s1. The smallest absolute Gasteiger partial charge is 0.240 e. The number of sulfonamides is 1. The van der Waals surface area contributed by atoms with E-state index in [2.05, 4.69) is 14.8 Å². The highest BCUT2D eigenvalue weighted by molar-refractivity contribution is 7.89. The first-order valence-corrected chi connectivity index (χ1v) is 13.4. The van der Waals surface area contributed by atoms with Gasteiger partial charge in [-0.2, -0.15) is 5.10 Å². The van der Waals surface area contributed by atoms with E-state index >= 15 is 0 Å². The summed E-state index contributed by atoms with van der Waals surface area (Å²) in [6.45, 7) is 3.67. The summed E-state index contributed by atoms with van der Waals surface area (Å²) in [6.07, 6.45) is -0.694. The van der Waals surface area contributed by atoms with Gasteiger partial charge in [0.05, 0.1) is 10.6 Å². The van der Waals surface area contributed by atoms with Crippen LogP contribution in [-0.2, 0) is 24.2 Å². The van der Waals surface area contributed by atoms with Gasteiger partial charge in [0.1, 0.15) is 36.3 Å². The maximum atomic E-state index is 13.2. The molecule has 0 saturated carbocycles. The Bertz CT molecular complexity index is 1560. The number of fused-ring (bicyclic) bond motifs is 2. The molecule has 2 aliphatic heterocycles. The van der Waals surface area contributed by atoms with E-state index in [4.69, 9.17) is 19.9 Å². The Morgan fingerprint density at radius 2 is 1.76 bits per heavy atom. The molecule has 2 aliphatic rings. The molecule has 6 rings (SSSR count). The Morgan fingerprint density at radius 1 is 1.00 bits per heavy atom. The van der Waals surface area contributed by atoms with Crippen molar-refractivity contribution in [1.82, 2.24) is 19.3 Å². The van der Waals surface area contributed by atoms with Crippen LogP contribution in [0.25, 0.3) is 16.6 Å². The van der Waals surface area contributed by atoms with Crippen LogP contribution >= 0.6 is 0 Å². The fraction of sp³-hybridized carbons (Fsp3) is 0.308. The predicted octanol–water partition coefficient (Wildman–Crippen LogP) is 2.92. The third-order valence-electron chi connectivity index (χ3n) is 6.68. The van der Waals surface area contributed by atoms with Crippen molar-refractivity contribution in [2.75, 3.05) is 12.3 Å². The Kier molecular flexibility index (Phi) is 5.77. The van der Waals surface area contributed by atoms with Crippen LogP contribution in [0.4, 0.5) is 5.82 Å². The number of nitrogen functional groups attached to an aromatic ring is 1. The summed E-state index contributed by atoms with van der Waals surface area (Å²) in [7, 11) is -3.82. The van der Waals surface area contributed by atoms with Crippen LogP contribution in [-0.4, -0.2) is 53.7 Å². The molecule has 11 heteroatoms. The van der Waals surface area contributed by atoms with Crippen molar-refractivity contribution in [1.29, 1.82) is 0 Å². The van der Waals surface area contributed by atoms with Crippen molar-refractivity contribution >= 4 is 21.4 Å². The van der Waals surface area contributed by atoms with Crippen LogP contribution in [0.3, 0.4) is 0 Å². The van der Waals surface area contributed by atoms with Gasteiger partial charge in [0.15, 0.2) is 11.6 Å². The highest BCUT2D eigenvalue weighted by atomic mass is 32.2. The van der Waals surface area contributed by atoms with Crippen molar-refractivity contribution in [2.45, 2.75) is 48.9 Å². The first-order chi connectivity index (χ1) is 17.7. The predicted molar refractivity (Wildman–Crippen MR) is 136 cm³/mol. The summed E-state index contributed by atoms with van der Waals surface area (Å²) in [5.41, 5.74) is 9.13. The van der Waals surface area contributed by atoms with Gasteiger partial charge >= 0.3 is 0 Å². The van der Waals surface area contributed by atoms with E-state index in [-0.39, 0.29) is 11.4 Å². The molecule has 0 unspecified atom stereocenters. The quantitative estimate of drug-likeness (QED) is 0.396.